The van der Waals surface area contributed by atoms with Crippen molar-refractivity contribution in [2.75, 3.05) is 14.2 Å². The lowest BCUT2D eigenvalue weighted by Crippen LogP contribution is -2.26. The molecule has 1 aromatic heterocycles. The van der Waals surface area contributed by atoms with E-state index in [-0.39, 0.29) is 5.91 Å². The van der Waals surface area contributed by atoms with Gasteiger partial charge >= 0.3 is 0 Å². The zero-order valence-corrected chi connectivity index (χ0v) is 18.1. The third kappa shape index (κ3) is 4.32. The summed E-state index contributed by atoms with van der Waals surface area (Å²) in [7, 11) is 3.28. The first-order valence-corrected chi connectivity index (χ1v) is 11.2. The van der Waals surface area contributed by atoms with Gasteiger partial charge in [0.05, 0.1) is 19.8 Å². The van der Waals surface area contributed by atoms with Gasteiger partial charge in [0.25, 0.3) is 5.91 Å². The van der Waals surface area contributed by atoms with Crippen LogP contribution in [0, 0.1) is 5.92 Å². The second kappa shape index (κ2) is 8.57. The Kier molecular flexibility index (Phi) is 5.90. The van der Waals surface area contributed by atoms with Crippen molar-refractivity contribution in [1.82, 2.24) is 5.32 Å². The summed E-state index contributed by atoms with van der Waals surface area (Å²) in [6.07, 6.45) is 8.29. The predicted molar refractivity (Wildman–Crippen MR) is 117 cm³/mol. The van der Waals surface area contributed by atoms with E-state index in [1.165, 1.54) is 16.9 Å². The van der Waals surface area contributed by atoms with Gasteiger partial charge in [0, 0.05) is 22.7 Å². The first-order valence-electron chi connectivity index (χ1n) is 10.3. The summed E-state index contributed by atoms with van der Waals surface area (Å²) in [5.41, 5.74) is 2.82. The second-order valence-electron chi connectivity index (χ2n) is 7.81. The maximum atomic E-state index is 13.0. The van der Waals surface area contributed by atoms with Crippen LogP contribution < -0.4 is 14.8 Å². The maximum absolute atomic E-state index is 13.0. The van der Waals surface area contributed by atoms with Gasteiger partial charge in [-0.05, 0) is 61.8 Å². The van der Waals surface area contributed by atoms with Crippen LogP contribution in [0.3, 0.4) is 0 Å². The van der Waals surface area contributed by atoms with E-state index in [9.17, 15) is 4.79 Å². The molecule has 6 heteroatoms. The molecule has 0 spiro atoms. The maximum Gasteiger partial charge on any atom is 0.254 e. The van der Waals surface area contributed by atoms with E-state index in [4.69, 9.17) is 14.5 Å². The number of carbonyl (C=O) groups is 1. The minimum absolute atomic E-state index is 0.0321. The van der Waals surface area contributed by atoms with E-state index in [2.05, 4.69) is 12.2 Å². The molecule has 0 radical (unpaired) electrons. The molecule has 29 heavy (non-hydrogen) atoms. The van der Waals surface area contributed by atoms with Crippen molar-refractivity contribution in [2.24, 2.45) is 10.9 Å². The fourth-order valence-electron chi connectivity index (χ4n) is 3.87. The number of methoxy groups -OCH3 is 2. The summed E-state index contributed by atoms with van der Waals surface area (Å²) < 4.78 is 10.8. The number of hydrogen-bond donors (Lipinski definition) is 1. The van der Waals surface area contributed by atoms with Crippen LogP contribution in [0.25, 0.3) is 0 Å². The summed E-state index contributed by atoms with van der Waals surface area (Å²) in [4.78, 5) is 19.1. The van der Waals surface area contributed by atoms with Crippen LogP contribution in [0.5, 0.6) is 11.5 Å². The third-order valence-corrected chi connectivity index (χ3v) is 6.99. The molecule has 1 unspecified atom stereocenters. The highest BCUT2D eigenvalue weighted by molar-refractivity contribution is 7.16. The third-order valence-electron chi connectivity index (χ3n) is 5.82. The summed E-state index contributed by atoms with van der Waals surface area (Å²) in [6, 6.07) is 5.96. The van der Waals surface area contributed by atoms with Gasteiger partial charge in [-0.15, -0.1) is 11.3 Å². The zero-order valence-electron chi connectivity index (χ0n) is 17.3. The average molecular weight is 413 g/mol. The van der Waals surface area contributed by atoms with Gasteiger partial charge in [-0.3, -0.25) is 4.79 Å². The van der Waals surface area contributed by atoms with E-state index in [0.29, 0.717) is 12.0 Å². The summed E-state index contributed by atoms with van der Waals surface area (Å²) >= 11 is 1.67. The van der Waals surface area contributed by atoms with E-state index in [1.807, 2.05) is 18.2 Å². The number of fused-ring (bicyclic) bond motifs is 1. The average Bonchev–Trinajstić information content (AvgIpc) is 3.48. The summed E-state index contributed by atoms with van der Waals surface area (Å²) in [5, 5.41) is 3.96. The quantitative estimate of drug-likeness (QED) is 0.657. The number of amides is 1. The Morgan fingerprint density at radius 3 is 2.79 bits per heavy atom. The van der Waals surface area contributed by atoms with E-state index in [0.717, 1.165) is 59.7 Å². The number of benzene rings is 1. The monoisotopic (exact) mass is 412 g/mol. The van der Waals surface area contributed by atoms with Crippen molar-refractivity contribution in [3.05, 3.63) is 39.8 Å². The minimum atomic E-state index is 0.0321. The molecule has 1 heterocycles. The molecule has 1 N–H and O–H groups in total. The van der Waals surface area contributed by atoms with Crippen molar-refractivity contribution >= 4 is 28.5 Å². The van der Waals surface area contributed by atoms with Gasteiger partial charge in [-0.1, -0.05) is 13.3 Å². The number of hydrogen-bond acceptors (Lipinski definition) is 5. The molecule has 1 amide bonds. The first kappa shape index (κ1) is 20.0. The van der Waals surface area contributed by atoms with Crippen LogP contribution in [0.1, 0.15) is 59.0 Å². The van der Waals surface area contributed by atoms with Crippen LogP contribution in [-0.2, 0) is 12.8 Å². The minimum Gasteiger partial charge on any atom is -0.497 e. The molecule has 2 aliphatic rings. The molecule has 1 atom stereocenters. The zero-order chi connectivity index (χ0) is 20.4. The number of thiophene rings is 1. The Hall–Kier alpha value is -2.34. The Bertz CT molecular complexity index is 930. The molecule has 0 bridgehead atoms. The molecule has 5 nitrogen and oxygen atoms in total. The van der Waals surface area contributed by atoms with Crippen LogP contribution >= 0.6 is 11.3 Å². The lowest BCUT2D eigenvalue weighted by molar-refractivity contribution is 0.0951. The number of aliphatic imine (C=N–C) groups is 1. The fraction of sp³-hybridized carbons (Fsp3) is 0.478. The molecule has 154 valence electrons. The molecule has 1 saturated carbocycles. The van der Waals surface area contributed by atoms with E-state index in [1.54, 1.807) is 31.8 Å². The molecular formula is C23H28N2O3S. The molecular weight excluding hydrogens is 384 g/mol. The SMILES string of the molecule is CCC1CCc2c(sc(N=Cc3cc(OC)ccc3OC)c2C(=O)NC2CC2)C1. The first-order chi connectivity index (χ1) is 14.1. The van der Waals surface area contributed by atoms with Gasteiger partial charge < -0.3 is 14.8 Å². The molecule has 1 aromatic carbocycles. The van der Waals surface area contributed by atoms with Crippen molar-refractivity contribution in [3.63, 3.8) is 0 Å². The molecule has 1 fully saturated rings. The topological polar surface area (TPSA) is 59.9 Å². The highest BCUT2D eigenvalue weighted by Gasteiger charge is 2.31. The van der Waals surface area contributed by atoms with Gasteiger partial charge in [0.1, 0.15) is 16.5 Å². The lowest BCUT2D eigenvalue weighted by Gasteiger charge is -2.21. The molecule has 2 aromatic rings. The van der Waals surface area contributed by atoms with Gasteiger partial charge in [0.15, 0.2) is 0 Å². The predicted octanol–water partition coefficient (Wildman–Crippen LogP) is 4.92. The molecule has 0 aliphatic heterocycles. The highest BCUT2D eigenvalue weighted by atomic mass is 32.1. The number of carbonyl (C=O) groups excluding carboxylic acids is 1. The van der Waals surface area contributed by atoms with Gasteiger partial charge in [-0.2, -0.15) is 0 Å². The smallest absolute Gasteiger partial charge is 0.254 e. The summed E-state index contributed by atoms with van der Waals surface area (Å²) in [5.74, 6) is 2.21. The number of nitrogens with zero attached hydrogens (tertiary/aromatic N) is 1. The van der Waals surface area contributed by atoms with Gasteiger partial charge in [-0.25, -0.2) is 4.99 Å². The van der Waals surface area contributed by atoms with E-state index >= 15 is 0 Å². The van der Waals surface area contributed by atoms with Crippen molar-refractivity contribution in [1.29, 1.82) is 0 Å². The van der Waals surface area contributed by atoms with Crippen LogP contribution in [0.15, 0.2) is 23.2 Å². The highest BCUT2D eigenvalue weighted by Crippen LogP contribution is 2.42. The molecule has 0 saturated heterocycles. The normalized spacial score (nSPS) is 18.5. The Morgan fingerprint density at radius 1 is 1.28 bits per heavy atom. The standard InChI is InChI=1S/C23H28N2O3S/c1-4-14-5-9-18-20(11-14)29-23(21(18)22(26)25-16-6-7-16)24-13-15-12-17(27-2)8-10-19(15)28-3/h8,10,12-14,16H,4-7,9,11H2,1-3H3,(H,25,26). The Balaban J connectivity index is 1.70. The number of ether oxygens (including phenoxy) is 2. The molecule has 2 aliphatic carbocycles. The fourth-order valence-corrected chi connectivity index (χ4v) is 5.17. The van der Waals surface area contributed by atoms with Crippen molar-refractivity contribution in [3.8, 4) is 11.5 Å². The number of rotatable bonds is 7. The van der Waals surface area contributed by atoms with Crippen molar-refractivity contribution in [2.45, 2.75) is 51.5 Å². The van der Waals surface area contributed by atoms with Crippen LogP contribution in [0.4, 0.5) is 5.00 Å². The number of nitrogens with one attached hydrogen (secondary N) is 1. The lowest BCUT2D eigenvalue weighted by atomic mass is 9.85. The largest absolute Gasteiger partial charge is 0.497 e. The van der Waals surface area contributed by atoms with E-state index < -0.39 is 0 Å². The Morgan fingerprint density at radius 2 is 2.10 bits per heavy atom. The Labute approximate surface area is 176 Å². The van der Waals surface area contributed by atoms with Crippen molar-refractivity contribution < 1.29 is 14.3 Å². The van der Waals surface area contributed by atoms with Gasteiger partial charge in [0.2, 0.25) is 0 Å². The van der Waals surface area contributed by atoms with Crippen LogP contribution in [-0.4, -0.2) is 32.4 Å². The molecule has 4 rings (SSSR count). The van der Waals surface area contributed by atoms with Crippen LogP contribution in [0.2, 0.25) is 0 Å². The summed E-state index contributed by atoms with van der Waals surface area (Å²) in [6.45, 7) is 2.25. The second-order valence-corrected chi connectivity index (χ2v) is 8.90.